The molecule has 2 nitrogen and oxygen atoms in total. The highest BCUT2D eigenvalue weighted by Gasteiger charge is 2.20. The fourth-order valence-corrected chi connectivity index (χ4v) is 3.80. The molecule has 1 aromatic carbocycles. The SMILES string of the molecule is CCNC(CS(=O)C(C)C(C)C)c1ccc(C(C)C)cc1. The monoisotopic (exact) mass is 309 g/mol. The Morgan fingerprint density at radius 2 is 1.52 bits per heavy atom. The van der Waals surface area contributed by atoms with Crippen LogP contribution < -0.4 is 5.32 Å². The Labute approximate surface area is 133 Å². The van der Waals surface area contributed by atoms with Crippen LogP contribution in [0.2, 0.25) is 0 Å². The first-order valence-electron chi connectivity index (χ1n) is 8.07. The first-order chi connectivity index (χ1) is 9.86. The number of hydrogen-bond acceptors (Lipinski definition) is 2. The third kappa shape index (κ3) is 5.55. The lowest BCUT2D eigenvalue weighted by atomic mass is 9.99. The van der Waals surface area contributed by atoms with Crippen molar-refractivity contribution in [3.05, 3.63) is 35.4 Å². The summed E-state index contributed by atoms with van der Waals surface area (Å²) in [5.41, 5.74) is 2.59. The van der Waals surface area contributed by atoms with Crippen LogP contribution in [0, 0.1) is 5.92 Å². The summed E-state index contributed by atoms with van der Waals surface area (Å²) in [7, 11) is -0.804. The lowest BCUT2D eigenvalue weighted by Crippen LogP contribution is -2.30. The van der Waals surface area contributed by atoms with Crippen molar-refractivity contribution in [3.63, 3.8) is 0 Å². The first-order valence-corrected chi connectivity index (χ1v) is 9.45. The number of hydrogen-bond donors (Lipinski definition) is 1. The van der Waals surface area contributed by atoms with Crippen molar-refractivity contribution < 1.29 is 4.21 Å². The quantitative estimate of drug-likeness (QED) is 0.777. The maximum absolute atomic E-state index is 12.5. The molecule has 1 N–H and O–H groups in total. The summed E-state index contributed by atoms with van der Waals surface area (Å²) in [5.74, 6) is 1.69. The highest BCUT2D eigenvalue weighted by atomic mass is 32.2. The fourth-order valence-electron chi connectivity index (χ4n) is 2.25. The molecule has 0 saturated heterocycles. The Morgan fingerprint density at radius 3 is 1.95 bits per heavy atom. The van der Waals surface area contributed by atoms with E-state index in [4.69, 9.17) is 0 Å². The maximum atomic E-state index is 12.5. The molecule has 0 spiro atoms. The number of benzene rings is 1. The van der Waals surface area contributed by atoms with Crippen LogP contribution in [0.3, 0.4) is 0 Å². The standard InChI is InChI=1S/C18H31NOS/c1-7-19-18(12-21(20)15(6)13(2)3)17-10-8-16(9-11-17)14(4)5/h8-11,13-15,18-19H,7,12H2,1-6H3. The summed E-state index contributed by atoms with van der Waals surface area (Å²) in [6, 6.07) is 8.93. The molecule has 0 aliphatic carbocycles. The second-order valence-corrected chi connectivity index (χ2v) is 8.27. The van der Waals surface area contributed by atoms with Crippen molar-refractivity contribution in [2.24, 2.45) is 5.92 Å². The fraction of sp³-hybridized carbons (Fsp3) is 0.667. The van der Waals surface area contributed by atoms with E-state index in [9.17, 15) is 4.21 Å². The summed E-state index contributed by atoms with van der Waals surface area (Å²) >= 11 is 0. The normalized spacial score (nSPS) is 16.2. The van der Waals surface area contributed by atoms with E-state index >= 15 is 0 Å². The minimum Gasteiger partial charge on any atom is -0.309 e. The van der Waals surface area contributed by atoms with Crippen molar-refractivity contribution in [1.82, 2.24) is 5.32 Å². The van der Waals surface area contributed by atoms with E-state index in [-0.39, 0.29) is 11.3 Å². The first kappa shape index (κ1) is 18.4. The maximum Gasteiger partial charge on any atom is 0.0436 e. The molecular formula is C18H31NOS. The Bertz CT molecular complexity index is 439. The van der Waals surface area contributed by atoms with Crippen molar-refractivity contribution in [2.45, 2.75) is 58.8 Å². The molecule has 0 heterocycles. The van der Waals surface area contributed by atoms with Crippen LogP contribution in [-0.2, 0) is 10.8 Å². The molecule has 3 unspecified atom stereocenters. The van der Waals surface area contributed by atoms with Gasteiger partial charge in [-0.1, -0.05) is 65.8 Å². The molecule has 0 radical (unpaired) electrons. The Kier molecular flexibility index (Phi) is 7.61. The summed E-state index contributed by atoms with van der Waals surface area (Å²) in [6.45, 7) is 13.8. The van der Waals surface area contributed by atoms with Crippen molar-refractivity contribution in [1.29, 1.82) is 0 Å². The third-order valence-corrected chi connectivity index (χ3v) is 6.18. The summed E-state index contributed by atoms with van der Waals surface area (Å²) in [6.07, 6.45) is 0. The Hall–Kier alpha value is -0.670. The zero-order valence-corrected chi connectivity index (χ0v) is 15.2. The van der Waals surface area contributed by atoms with Gasteiger partial charge in [-0.25, -0.2) is 0 Å². The number of rotatable bonds is 8. The van der Waals surface area contributed by atoms with Crippen LogP contribution in [0.15, 0.2) is 24.3 Å². The summed E-state index contributed by atoms with van der Waals surface area (Å²) in [4.78, 5) is 0. The second kappa shape index (κ2) is 8.70. The van der Waals surface area contributed by atoms with E-state index < -0.39 is 10.8 Å². The molecule has 0 aliphatic rings. The molecule has 1 rings (SSSR count). The molecule has 120 valence electrons. The van der Waals surface area contributed by atoms with Gasteiger partial charge in [0.25, 0.3) is 0 Å². The predicted octanol–water partition coefficient (Wildman–Crippen LogP) is 4.25. The predicted molar refractivity (Wildman–Crippen MR) is 94.3 cm³/mol. The van der Waals surface area contributed by atoms with Crippen molar-refractivity contribution in [2.75, 3.05) is 12.3 Å². The molecule has 1 aromatic rings. The molecule has 0 bridgehead atoms. The second-order valence-electron chi connectivity index (χ2n) is 6.43. The van der Waals surface area contributed by atoms with E-state index in [1.54, 1.807) is 0 Å². The van der Waals surface area contributed by atoms with Gasteiger partial charge in [0, 0.05) is 27.8 Å². The molecule has 0 aliphatic heterocycles. The topological polar surface area (TPSA) is 29.1 Å². The van der Waals surface area contributed by atoms with Gasteiger partial charge < -0.3 is 5.32 Å². The third-order valence-electron chi connectivity index (χ3n) is 4.14. The van der Waals surface area contributed by atoms with Gasteiger partial charge in [-0.15, -0.1) is 0 Å². The molecule has 3 heteroatoms. The van der Waals surface area contributed by atoms with Gasteiger partial charge in [0.15, 0.2) is 0 Å². The van der Waals surface area contributed by atoms with Gasteiger partial charge in [-0.2, -0.15) is 0 Å². The average molecular weight is 310 g/mol. The molecule has 0 saturated carbocycles. The van der Waals surface area contributed by atoms with Crippen LogP contribution in [0.1, 0.15) is 64.6 Å². The average Bonchev–Trinajstić information content (AvgIpc) is 2.45. The lowest BCUT2D eigenvalue weighted by molar-refractivity contribution is 0.573. The van der Waals surface area contributed by atoms with Crippen LogP contribution in [0.25, 0.3) is 0 Å². The Balaban J connectivity index is 2.83. The zero-order valence-electron chi connectivity index (χ0n) is 14.3. The zero-order chi connectivity index (χ0) is 16.0. The minimum atomic E-state index is -0.804. The van der Waals surface area contributed by atoms with Gasteiger partial charge in [-0.05, 0) is 29.5 Å². The molecule has 0 fully saturated rings. The highest BCUT2D eigenvalue weighted by molar-refractivity contribution is 7.85. The molecular weight excluding hydrogens is 278 g/mol. The van der Waals surface area contributed by atoms with Gasteiger partial charge in [-0.3, -0.25) is 4.21 Å². The smallest absolute Gasteiger partial charge is 0.0436 e. The molecule has 3 atom stereocenters. The van der Waals surface area contributed by atoms with E-state index in [2.05, 4.69) is 71.1 Å². The lowest BCUT2D eigenvalue weighted by Gasteiger charge is -2.22. The van der Waals surface area contributed by atoms with E-state index in [1.807, 2.05) is 0 Å². The van der Waals surface area contributed by atoms with Crippen LogP contribution >= 0.6 is 0 Å². The van der Waals surface area contributed by atoms with Crippen molar-refractivity contribution in [3.8, 4) is 0 Å². The van der Waals surface area contributed by atoms with Crippen molar-refractivity contribution >= 4 is 10.8 Å². The van der Waals surface area contributed by atoms with Crippen LogP contribution in [0.5, 0.6) is 0 Å². The summed E-state index contributed by atoms with van der Waals surface area (Å²) < 4.78 is 12.5. The van der Waals surface area contributed by atoms with E-state index in [0.717, 1.165) is 6.54 Å². The molecule has 0 aromatic heterocycles. The van der Waals surface area contributed by atoms with Gasteiger partial charge in [0.2, 0.25) is 0 Å². The highest BCUT2D eigenvalue weighted by Crippen LogP contribution is 2.21. The Morgan fingerprint density at radius 1 is 1.00 bits per heavy atom. The summed E-state index contributed by atoms with van der Waals surface area (Å²) in [5, 5.41) is 3.72. The van der Waals surface area contributed by atoms with Gasteiger partial charge in [0.1, 0.15) is 0 Å². The van der Waals surface area contributed by atoms with Gasteiger partial charge in [0.05, 0.1) is 0 Å². The number of nitrogens with one attached hydrogen (secondary N) is 1. The van der Waals surface area contributed by atoms with Crippen LogP contribution in [-0.4, -0.2) is 21.8 Å². The van der Waals surface area contributed by atoms with Crippen LogP contribution in [0.4, 0.5) is 0 Å². The van der Waals surface area contributed by atoms with E-state index in [0.29, 0.717) is 17.6 Å². The minimum absolute atomic E-state index is 0.179. The van der Waals surface area contributed by atoms with Gasteiger partial charge >= 0.3 is 0 Å². The largest absolute Gasteiger partial charge is 0.309 e. The molecule has 0 amide bonds. The molecule has 21 heavy (non-hydrogen) atoms. The van der Waals surface area contributed by atoms with E-state index in [1.165, 1.54) is 11.1 Å².